The summed E-state index contributed by atoms with van der Waals surface area (Å²) in [5, 5.41) is 12.3. The Labute approximate surface area is 184 Å². The summed E-state index contributed by atoms with van der Waals surface area (Å²) in [6.45, 7) is 4.53. The lowest BCUT2D eigenvalue weighted by atomic mass is 10.0. The summed E-state index contributed by atoms with van der Waals surface area (Å²) in [5.41, 5.74) is 1.03. The van der Waals surface area contributed by atoms with E-state index in [4.69, 9.17) is 10.1 Å². The summed E-state index contributed by atoms with van der Waals surface area (Å²) < 4.78 is 19.5. The minimum atomic E-state index is -1.15. The van der Waals surface area contributed by atoms with Crippen molar-refractivity contribution in [1.82, 2.24) is 15.6 Å². The number of hydrogen-bond donors (Lipinski definition) is 4. The maximum atomic E-state index is 14.3. The van der Waals surface area contributed by atoms with E-state index in [1.807, 2.05) is 0 Å². The number of benzene rings is 1. The number of ether oxygens (including phenoxy) is 1. The largest absolute Gasteiger partial charge is 0.461 e. The van der Waals surface area contributed by atoms with Gasteiger partial charge in [0.25, 0.3) is 0 Å². The normalized spacial score (nSPS) is 12.8. The van der Waals surface area contributed by atoms with E-state index in [0.717, 1.165) is 0 Å². The highest BCUT2D eigenvalue weighted by Gasteiger charge is 2.29. The number of Topliss-reactive ketones (excluding diaryl/α,β-unsaturated/α-hetero) is 1. The Morgan fingerprint density at radius 1 is 1.19 bits per heavy atom. The van der Waals surface area contributed by atoms with Gasteiger partial charge in [0, 0.05) is 36.9 Å². The van der Waals surface area contributed by atoms with Crippen LogP contribution in [0, 0.1) is 11.2 Å². The van der Waals surface area contributed by atoms with Gasteiger partial charge in [-0.3, -0.25) is 14.4 Å². The second-order valence-corrected chi connectivity index (χ2v) is 7.63. The Morgan fingerprint density at radius 2 is 1.91 bits per heavy atom. The molecule has 2 atom stereocenters. The molecule has 0 spiro atoms. The molecule has 2 rings (SSSR count). The first-order valence-electron chi connectivity index (χ1n) is 10.2. The molecule has 0 saturated carbocycles. The SMILES string of the molecule is CC(=O)N[C@@H](Cc1c[nH]c2cccc(F)c12)C(=O)N[C@@H](CCC(=O)C=N)C(=O)OC(C)C. The molecule has 1 aromatic heterocycles. The van der Waals surface area contributed by atoms with E-state index >= 15 is 0 Å². The number of nitrogens with one attached hydrogen (secondary N) is 4. The second-order valence-electron chi connectivity index (χ2n) is 7.63. The minimum absolute atomic E-state index is 0.0300. The molecule has 0 radical (unpaired) electrons. The standard InChI is InChI=1S/C22H27FN4O5/c1-12(2)32-22(31)18(8-7-15(29)10-24)27-21(30)19(26-13(3)28)9-14-11-25-17-6-4-5-16(23)20(14)17/h4-6,10-12,18-19,24-25H,7-9H2,1-3H3,(H,26,28)(H,27,30)/t18-,19-/m0/s1. The number of carbonyl (C=O) groups is 4. The number of amides is 2. The van der Waals surface area contributed by atoms with Crippen LogP contribution < -0.4 is 10.6 Å². The van der Waals surface area contributed by atoms with Crippen LogP contribution in [-0.4, -0.2) is 53.0 Å². The van der Waals surface area contributed by atoms with Crippen molar-refractivity contribution >= 4 is 40.7 Å². The average Bonchev–Trinajstić information content (AvgIpc) is 3.13. The quantitative estimate of drug-likeness (QED) is 0.308. The lowest BCUT2D eigenvalue weighted by molar-refractivity contribution is -0.151. The van der Waals surface area contributed by atoms with Crippen molar-refractivity contribution in [3.8, 4) is 0 Å². The highest BCUT2D eigenvalue weighted by Crippen LogP contribution is 2.22. The highest BCUT2D eigenvalue weighted by atomic mass is 19.1. The molecule has 172 valence electrons. The molecular formula is C22H27FN4O5. The van der Waals surface area contributed by atoms with Gasteiger partial charge in [-0.05, 0) is 38.0 Å². The molecule has 0 unspecified atom stereocenters. The number of halogens is 1. The zero-order chi connectivity index (χ0) is 23.8. The van der Waals surface area contributed by atoms with Crippen molar-refractivity contribution in [3.63, 3.8) is 0 Å². The molecule has 0 saturated heterocycles. The number of aromatic nitrogens is 1. The van der Waals surface area contributed by atoms with Crippen LogP contribution in [0.4, 0.5) is 4.39 Å². The average molecular weight is 446 g/mol. The van der Waals surface area contributed by atoms with E-state index in [9.17, 15) is 23.6 Å². The summed E-state index contributed by atoms with van der Waals surface area (Å²) in [6, 6.07) is 2.29. The third-order valence-electron chi connectivity index (χ3n) is 4.65. The van der Waals surface area contributed by atoms with Gasteiger partial charge >= 0.3 is 5.97 Å². The maximum Gasteiger partial charge on any atom is 0.328 e. The summed E-state index contributed by atoms with van der Waals surface area (Å²) in [5.74, 6) is -2.87. The molecule has 1 aromatic carbocycles. The smallest absolute Gasteiger partial charge is 0.328 e. The zero-order valence-corrected chi connectivity index (χ0v) is 18.2. The molecule has 10 heteroatoms. The van der Waals surface area contributed by atoms with Crippen LogP contribution in [0.2, 0.25) is 0 Å². The summed E-state index contributed by atoms with van der Waals surface area (Å²) in [4.78, 5) is 51.5. The van der Waals surface area contributed by atoms with Crippen LogP contribution in [0.3, 0.4) is 0 Å². The first-order valence-corrected chi connectivity index (χ1v) is 10.2. The number of esters is 1. The molecular weight excluding hydrogens is 419 g/mol. The Morgan fingerprint density at radius 3 is 2.53 bits per heavy atom. The Kier molecular flexibility index (Phi) is 8.62. The van der Waals surface area contributed by atoms with Gasteiger partial charge in [0.15, 0.2) is 5.78 Å². The van der Waals surface area contributed by atoms with Crippen molar-refractivity contribution < 1.29 is 28.3 Å². The van der Waals surface area contributed by atoms with Crippen LogP contribution in [0.25, 0.3) is 10.9 Å². The predicted molar refractivity (Wildman–Crippen MR) is 116 cm³/mol. The van der Waals surface area contributed by atoms with Crippen molar-refractivity contribution in [2.24, 2.45) is 0 Å². The Balaban J connectivity index is 2.24. The van der Waals surface area contributed by atoms with Crippen LogP contribution in [0.5, 0.6) is 0 Å². The third-order valence-corrected chi connectivity index (χ3v) is 4.65. The Hall–Kier alpha value is -3.56. The fourth-order valence-corrected chi connectivity index (χ4v) is 3.24. The maximum absolute atomic E-state index is 14.3. The number of hydrogen-bond acceptors (Lipinski definition) is 6. The van der Waals surface area contributed by atoms with Gasteiger partial charge in [-0.25, -0.2) is 9.18 Å². The summed E-state index contributed by atoms with van der Waals surface area (Å²) >= 11 is 0. The van der Waals surface area contributed by atoms with Gasteiger partial charge in [0.1, 0.15) is 17.9 Å². The molecule has 0 fully saturated rings. The van der Waals surface area contributed by atoms with Crippen molar-refractivity contribution in [2.75, 3.05) is 0 Å². The minimum Gasteiger partial charge on any atom is -0.461 e. The number of aromatic amines is 1. The highest BCUT2D eigenvalue weighted by molar-refractivity contribution is 6.26. The van der Waals surface area contributed by atoms with E-state index in [-0.39, 0.29) is 19.3 Å². The van der Waals surface area contributed by atoms with Gasteiger partial charge in [-0.15, -0.1) is 0 Å². The van der Waals surface area contributed by atoms with E-state index in [1.165, 1.54) is 13.0 Å². The molecule has 32 heavy (non-hydrogen) atoms. The fraction of sp³-hybridized carbons (Fsp3) is 0.409. The molecule has 2 aromatic rings. The van der Waals surface area contributed by atoms with E-state index < -0.39 is 47.6 Å². The van der Waals surface area contributed by atoms with Crippen molar-refractivity contribution in [3.05, 3.63) is 35.8 Å². The molecule has 0 aliphatic heterocycles. The van der Waals surface area contributed by atoms with E-state index in [0.29, 0.717) is 22.7 Å². The summed E-state index contributed by atoms with van der Waals surface area (Å²) in [7, 11) is 0. The zero-order valence-electron chi connectivity index (χ0n) is 18.2. The molecule has 2 amide bonds. The van der Waals surface area contributed by atoms with Crippen LogP contribution in [0.1, 0.15) is 39.2 Å². The first-order chi connectivity index (χ1) is 15.1. The molecule has 4 N–H and O–H groups in total. The molecule has 0 aliphatic rings. The van der Waals surface area contributed by atoms with E-state index in [2.05, 4.69) is 15.6 Å². The number of fused-ring (bicyclic) bond motifs is 1. The number of ketones is 1. The predicted octanol–water partition coefficient (Wildman–Crippen LogP) is 1.79. The van der Waals surface area contributed by atoms with Crippen LogP contribution in [0.15, 0.2) is 24.4 Å². The third kappa shape index (κ3) is 6.73. The molecule has 9 nitrogen and oxygen atoms in total. The molecule has 0 aliphatic carbocycles. The van der Waals surface area contributed by atoms with Gasteiger partial charge in [-0.2, -0.15) is 0 Å². The van der Waals surface area contributed by atoms with Gasteiger partial charge in [0.2, 0.25) is 11.8 Å². The number of rotatable bonds is 11. The molecule has 1 heterocycles. The number of carbonyl (C=O) groups excluding carboxylic acids is 4. The monoisotopic (exact) mass is 446 g/mol. The van der Waals surface area contributed by atoms with Gasteiger partial charge in [0.05, 0.1) is 12.3 Å². The second kappa shape index (κ2) is 11.2. The fourth-order valence-electron chi connectivity index (χ4n) is 3.24. The van der Waals surface area contributed by atoms with Crippen LogP contribution >= 0.6 is 0 Å². The van der Waals surface area contributed by atoms with E-state index in [1.54, 1.807) is 32.2 Å². The lowest BCUT2D eigenvalue weighted by Gasteiger charge is -2.23. The van der Waals surface area contributed by atoms with Gasteiger partial charge < -0.3 is 25.8 Å². The lowest BCUT2D eigenvalue weighted by Crippen LogP contribution is -2.52. The molecule has 0 bridgehead atoms. The van der Waals surface area contributed by atoms with Crippen molar-refractivity contribution in [1.29, 1.82) is 5.41 Å². The topological polar surface area (TPSA) is 141 Å². The first kappa shape index (κ1) is 24.7. The van der Waals surface area contributed by atoms with Crippen molar-refractivity contribution in [2.45, 2.75) is 58.2 Å². The summed E-state index contributed by atoms with van der Waals surface area (Å²) in [6.07, 6.45) is 1.51. The number of H-pyrrole nitrogens is 1. The Bertz CT molecular complexity index is 1020. The van der Waals surface area contributed by atoms with Crippen LogP contribution in [-0.2, 0) is 30.3 Å². The van der Waals surface area contributed by atoms with Gasteiger partial charge in [-0.1, -0.05) is 6.07 Å².